The Hall–Kier alpha value is -1.66. The van der Waals surface area contributed by atoms with E-state index in [9.17, 15) is 4.39 Å². The minimum atomic E-state index is -0.419. The van der Waals surface area contributed by atoms with Crippen LogP contribution in [0.1, 0.15) is 11.1 Å². The van der Waals surface area contributed by atoms with Crippen molar-refractivity contribution >= 4 is 5.84 Å². The first kappa shape index (κ1) is 13.4. The number of oxime groups is 1. The first-order valence-electron chi connectivity index (χ1n) is 5.14. The molecular weight excluding hydrogens is 225 g/mol. The molecular formula is C11H16FN3O2. The fourth-order valence-corrected chi connectivity index (χ4v) is 1.37. The summed E-state index contributed by atoms with van der Waals surface area (Å²) < 4.78 is 18.1. The molecule has 0 saturated carbocycles. The highest BCUT2D eigenvalue weighted by molar-refractivity contribution is 5.97. The third-order valence-electron chi connectivity index (χ3n) is 2.17. The Morgan fingerprint density at radius 1 is 1.53 bits per heavy atom. The van der Waals surface area contributed by atoms with E-state index in [1.807, 2.05) is 0 Å². The molecule has 0 aromatic heterocycles. The van der Waals surface area contributed by atoms with Crippen molar-refractivity contribution in [3.8, 4) is 0 Å². The first-order chi connectivity index (χ1) is 8.17. The summed E-state index contributed by atoms with van der Waals surface area (Å²) in [5.74, 6) is -0.528. The molecule has 1 aromatic carbocycles. The predicted molar refractivity (Wildman–Crippen MR) is 62.5 cm³/mol. The average molecular weight is 241 g/mol. The second-order valence-corrected chi connectivity index (χ2v) is 3.50. The number of halogens is 1. The van der Waals surface area contributed by atoms with Gasteiger partial charge in [0.1, 0.15) is 5.82 Å². The minimum absolute atomic E-state index is 0.109. The van der Waals surface area contributed by atoms with Crippen LogP contribution in [-0.4, -0.2) is 31.3 Å². The molecule has 0 fully saturated rings. The van der Waals surface area contributed by atoms with Gasteiger partial charge in [0.05, 0.1) is 6.61 Å². The first-order valence-corrected chi connectivity index (χ1v) is 5.14. The average Bonchev–Trinajstić information content (AvgIpc) is 2.33. The SMILES string of the molecule is COCCNCc1cc(F)cc(/C(N)=N/O)c1. The molecule has 0 aliphatic carbocycles. The molecule has 94 valence electrons. The summed E-state index contributed by atoms with van der Waals surface area (Å²) in [5.41, 5.74) is 6.48. The number of rotatable bonds is 6. The van der Waals surface area contributed by atoms with Gasteiger partial charge in [-0.15, -0.1) is 0 Å². The van der Waals surface area contributed by atoms with E-state index in [1.54, 1.807) is 13.2 Å². The van der Waals surface area contributed by atoms with Crippen molar-refractivity contribution in [2.45, 2.75) is 6.54 Å². The Morgan fingerprint density at radius 3 is 2.94 bits per heavy atom. The maximum atomic E-state index is 13.3. The summed E-state index contributed by atoms with van der Waals surface area (Å²) in [5, 5.41) is 14.4. The zero-order valence-electron chi connectivity index (χ0n) is 9.61. The highest BCUT2D eigenvalue weighted by atomic mass is 19.1. The molecule has 1 aromatic rings. The van der Waals surface area contributed by atoms with Crippen LogP contribution >= 0.6 is 0 Å². The van der Waals surface area contributed by atoms with Crippen molar-refractivity contribution in [3.05, 3.63) is 35.1 Å². The van der Waals surface area contributed by atoms with Gasteiger partial charge < -0.3 is 21.0 Å². The van der Waals surface area contributed by atoms with E-state index in [-0.39, 0.29) is 5.84 Å². The van der Waals surface area contributed by atoms with E-state index in [4.69, 9.17) is 15.7 Å². The zero-order valence-corrected chi connectivity index (χ0v) is 9.61. The standard InChI is InChI=1S/C11H16FN3O2/c1-17-3-2-14-7-8-4-9(11(13)15-16)6-10(12)5-8/h4-6,14,16H,2-3,7H2,1H3,(H2,13,15). The van der Waals surface area contributed by atoms with Gasteiger partial charge in [-0.1, -0.05) is 5.16 Å². The number of benzene rings is 1. The van der Waals surface area contributed by atoms with Crippen LogP contribution in [0.2, 0.25) is 0 Å². The Balaban J connectivity index is 2.69. The Labute approximate surface area is 99.1 Å². The molecule has 0 saturated heterocycles. The lowest BCUT2D eigenvalue weighted by molar-refractivity contribution is 0.199. The van der Waals surface area contributed by atoms with Gasteiger partial charge in [-0.2, -0.15) is 0 Å². The number of hydrogen-bond donors (Lipinski definition) is 3. The van der Waals surface area contributed by atoms with Crippen molar-refractivity contribution < 1.29 is 14.3 Å². The predicted octanol–water partition coefficient (Wildman–Crippen LogP) is 0.656. The second-order valence-electron chi connectivity index (χ2n) is 3.50. The van der Waals surface area contributed by atoms with Crippen LogP contribution in [0.4, 0.5) is 4.39 Å². The number of amidine groups is 1. The van der Waals surface area contributed by atoms with E-state index < -0.39 is 5.82 Å². The third kappa shape index (κ3) is 4.38. The topological polar surface area (TPSA) is 79.9 Å². The smallest absolute Gasteiger partial charge is 0.170 e. The zero-order chi connectivity index (χ0) is 12.7. The van der Waals surface area contributed by atoms with Gasteiger partial charge in [-0.25, -0.2) is 4.39 Å². The molecule has 0 aliphatic heterocycles. The maximum Gasteiger partial charge on any atom is 0.170 e. The molecule has 0 unspecified atom stereocenters. The van der Waals surface area contributed by atoms with E-state index in [0.717, 1.165) is 5.56 Å². The highest BCUT2D eigenvalue weighted by Crippen LogP contribution is 2.09. The van der Waals surface area contributed by atoms with E-state index >= 15 is 0 Å². The van der Waals surface area contributed by atoms with Crippen LogP contribution in [0, 0.1) is 5.82 Å². The van der Waals surface area contributed by atoms with Crippen LogP contribution in [0.3, 0.4) is 0 Å². The lowest BCUT2D eigenvalue weighted by atomic mass is 10.1. The van der Waals surface area contributed by atoms with Crippen molar-refractivity contribution in [2.24, 2.45) is 10.9 Å². The molecule has 1 rings (SSSR count). The number of nitrogens with zero attached hydrogens (tertiary/aromatic N) is 1. The summed E-state index contributed by atoms with van der Waals surface area (Å²) in [4.78, 5) is 0. The largest absolute Gasteiger partial charge is 0.409 e. The monoisotopic (exact) mass is 241 g/mol. The molecule has 0 atom stereocenters. The third-order valence-corrected chi connectivity index (χ3v) is 2.17. The lowest BCUT2D eigenvalue weighted by Crippen LogP contribution is -2.19. The Morgan fingerprint density at radius 2 is 2.29 bits per heavy atom. The van der Waals surface area contributed by atoms with Crippen LogP contribution < -0.4 is 11.1 Å². The van der Waals surface area contributed by atoms with Crippen molar-refractivity contribution in [3.63, 3.8) is 0 Å². The number of nitrogens with two attached hydrogens (primary N) is 1. The van der Waals surface area contributed by atoms with Gasteiger partial charge in [-0.05, 0) is 23.8 Å². The number of nitrogens with one attached hydrogen (secondary N) is 1. The van der Waals surface area contributed by atoms with Gasteiger partial charge in [0, 0.05) is 25.8 Å². The Bertz CT molecular complexity index is 396. The van der Waals surface area contributed by atoms with E-state index in [1.165, 1.54) is 12.1 Å². The molecule has 17 heavy (non-hydrogen) atoms. The van der Waals surface area contributed by atoms with Gasteiger partial charge >= 0.3 is 0 Å². The quantitative estimate of drug-likeness (QED) is 0.225. The van der Waals surface area contributed by atoms with Crippen LogP contribution in [-0.2, 0) is 11.3 Å². The van der Waals surface area contributed by atoms with Gasteiger partial charge in [0.25, 0.3) is 0 Å². The molecule has 0 heterocycles. The molecule has 6 heteroatoms. The fourth-order valence-electron chi connectivity index (χ4n) is 1.37. The fraction of sp³-hybridized carbons (Fsp3) is 0.364. The summed E-state index contributed by atoms with van der Waals surface area (Å²) in [7, 11) is 1.61. The summed E-state index contributed by atoms with van der Waals surface area (Å²) >= 11 is 0. The Kier molecular flexibility index (Phi) is 5.38. The van der Waals surface area contributed by atoms with Crippen LogP contribution in [0.15, 0.2) is 23.4 Å². The maximum absolute atomic E-state index is 13.3. The van der Waals surface area contributed by atoms with Crippen molar-refractivity contribution in [1.29, 1.82) is 0 Å². The highest BCUT2D eigenvalue weighted by Gasteiger charge is 2.04. The summed E-state index contributed by atoms with van der Waals surface area (Å²) in [6.07, 6.45) is 0. The molecule has 0 radical (unpaired) electrons. The molecule has 4 N–H and O–H groups in total. The molecule has 0 bridgehead atoms. The minimum Gasteiger partial charge on any atom is -0.409 e. The van der Waals surface area contributed by atoms with Crippen LogP contribution in [0.5, 0.6) is 0 Å². The summed E-state index contributed by atoms with van der Waals surface area (Å²) in [6, 6.07) is 4.28. The second kappa shape index (κ2) is 6.82. The molecule has 5 nitrogen and oxygen atoms in total. The summed E-state index contributed by atoms with van der Waals surface area (Å²) in [6.45, 7) is 1.75. The van der Waals surface area contributed by atoms with Crippen LogP contribution in [0.25, 0.3) is 0 Å². The lowest BCUT2D eigenvalue weighted by Gasteiger charge is -2.06. The van der Waals surface area contributed by atoms with Gasteiger partial charge in [-0.3, -0.25) is 0 Å². The van der Waals surface area contributed by atoms with E-state index in [0.29, 0.717) is 25.3 Å². The molecule has 0 amide bonds. The van der Waals surface area contributed by atoms with Crippen molar-refractivity contribution in [1.82, 2.24) is 5.32 Å². The number of ether oxygens (including phenoxy) is 1. The van der Waals surface area contributed by atoms with Gasteiger partial charge in [0.2, 0.25) is 0 Å². The normalized spacial score (nSPS) is 11.8. The van der Waals surface area contributed by atoms with Crippen molar-refractivity contribution in [2.75, 3.05) is 20.3 Å². The molecule has 0 spiro atoms. The number of hydrogen-bond acceptors (Lipinski definition) is 4. The molecule has 0 aliphatic rings. The number of methoxy groups -OCH3 is 1. The van der Waals surface area contributed by atoms with Gasteiger partial charge in [0.15, 0.2) is 5.84 Å². The van der Waals surface area contributed by atoms with E-state index in [2.05, 4.69) is 10.5 Å².